The molecule has 1 N–H and O–H groups in total. The van der Waals surface area contributed by atoms with E-state index in [4.69, 9.17) is 5.11 Å². The molecule has 5 nitrogen and oxygen atoms in total. The van der Waals surface area contributed by atoms with Gasteiger partial charge in [-0.1, -0.05) is 18.2 Å². The van der Waals surface area contributed by atoms with E-state index < -0.39 is 12.0 Å². The Hall–Kier alpha value is -2.30. The summed E-state index contributed by atoms with van der Waals surface area (Å²) in [6.07, 6.45) is 1.84. The highest BCUT2D eigenvalue weighted by Crippen LogP contribution is 2.15. The molecule has 0 aliphatic rings. The van der Waals surface area contributed by atoms with Gasteiger partial charge in [0.05, 0.1) is 0 Å². The number of carboxylic acids is 1. The van der Waals surface area contributed by atoms with Crippen molar-refractivity contribution >= 4 is 22.8 Å². The number of rotatable bonds is 4. The monoisotopic (exact) mass is 260 g/mol. The highest BCUT2D eigenvalue weighted by atomic mass is 16.4. The van der Waals surface area contributed by atoms with E-state index in [9.17, 15) is 9.59 Å². The van der Waals surface area contributed by atoms with Gasteiger partial charge in [0.1, 0.15) is 12.6 Å². The van der Waals surface area contributed by atoms with Gasteiger partial charge in [0, 0.05) is 18.8 Å². The Morgan fingerprint density at radius 2 is 2.00 bits per heavy atom. The minimum Gasteiger partial charge on any atom is -0.480 e. The summed E-state index contributed by atoms with van der Waals surface area (Å²) in [5.74, 6) is -1.23. The summed E-state index contributed by atoms with van der Waals surface area (Å²) in [6, 6.07) is 8.86. The largest absolute Gasteiger partial charge is 0.480 e. The molecular formula is C14H16N2O3. The molecule has 5 heteroatoms. The number of carboxylic acid groups (broad SMARTS) is 1. The van der Waals surface area contributed by atoms with Crippen molar-refractivity contribution in [3.8, 4) is 0 Å². The Bertz CT molecular complexity index is 618. The SMILES string of the molecule is CC(C(=O)O)N(C)C(=O)Cn1ccc2ccccc21. The van der Waals surface area contributed by atoms with Crippen LogP contribution < -0.4 is 0 Å². The lowest BCUT2D eigenvalue weighted by Crippen LogP contribution is -2.41. The van der Waals surface area contributed by atoms with Gasteiger partial charge < -0.3 is 14.6 Å². The van der Waals surface area contributed by atoms with Gasteiger partial charge in [0.15, 0.2) is 0 Å². The fourth-order valence-corrected chi connectivity index (χ4v) is 1.92. The number of hydrogen-bond donors (Lipinski definition) is 1. The van der Waals surface area contributed by atoms with Gasteiger partial charge in [-0.25, -0.2) is 4.79 Å². The van der Waals surface area contributed by atoms with Crippen LogP contribution in [-0.2, 0) is 16.1 Å². The number of benzene rings is 1. The molecule has 0 fully saturated rings. The average molecular weight is 260 g/mol. The Kier molecular flexibility index (Phi) is 3.55. The molecule has 0 spiro atoms. The number of carbonyl (C=O) groups excluding carboxylic acids is 1. The maximum atomic E-state index is 12.0. The second-order valence-corrected chi connectivity index (χ2v) is 4.52. The minimum atomic E-state index is -1.01. The molecule has 19 heavy (non-hydrogen) atoms. The lowest BCUT2D eigenvalue weighted by atomic mass is 10.2. The second kappa shape index (κ2) is 5.14. The zero-order chi connectivity index (χ0) is 14.0. The van der Waals surface area contributed by atoms with Gasteiger partial charge in [-0.3, -0.25) is 4.79 Å². The topological polar surface area (TPSA) is 62.5 Å². The molecule has 0 aliphatic heterocycles. The van der Waals surface area contributed by atoms with E-state index in [2.05, 4.69) is 0 Å². The van der Waals surface area contributed by atoms with Crippen LogP contribution in [0.4, 0.5) is 0 Å². The number of para-hydroxylation sites is 1. The number of likely N-dealkylation sites (N-methyl/N-ethyl adjacent to an activating group) is 1. The zero-order valence-electron chi connectivity index (χ0n) is 10.9. The third-order valence-electron chi connectivity index (χ3n) is 3.32. The highest BCUT2D eigenvalue weighted by molar-refractivity contribution is 5.85. The molecule has 1 heterocycles. The van der Waals surface area contributed by atoms with Crippen LogP contribution in [0.1, 0.15) is 6.92 Å². The number of hydrogen-bond acceptors (Lipinski definition) is 2. The predicted molar refractivity (Wildman–Crippen MR) is 71.8 cm³/mol. The van der Waals surface area contributed by atoms with E-state index in [1.807, 2.05) is 41.1 Å². The first-order valence-electron chi connectivity index (χ1n) is 6.03. The first kappa shape index (κ1) is 13.1. The van der Waals surface area contributed by atoms with E-state index in [1.54, 1.807) is 0 Å². The van der Waals surface area contributed by atoms with Crippen molar-refractivity contribution in [3.05, 3.63) is 36.5 Å². The zero-order valence-corrected chi connectivity index (χ0v) is 10.9. The first-order chi connectivity index (χ1) is 9.00. The maximum Gasteiger partial charge on any atom is 0.326 e. The third-order valence-corrected chi connectivity index (χ3v) is 3.32. The Labute approximate surface area is 111 Å². The number of amides is 1. The number of nitrogens with zero attached hydrogens (tertiary/aromatic N) is 2. The van der Waals surface area contributed by atoms with Crippen LogP contribution in [0.15, 0.2) is 36.5 Å². The van der Waals surface area contributed by atoms with Gasteiger partial charge in [-0.2, -0.15) is 0 Å². The van der Waals surface area contributed by atoms with E-state index in [0.717, 1.165) is 10.9 Å². The van der Waals surface area contributed by atoms with Crippen molar-refractivity contribution in [2.75, 3.05) is 7.05 Å². The van der Waals surface area contributed by atoms with E-state index >= 15 is 0 Å². The summed E-state index contributed by atoms with van der Waals surface area (Å²) in [7, 11) is 1.51. The van der Waals surface area contributed by atoms with Crippen LogP contribution in [0.3, 0.4) is 0 Å². The molecule has 2 rings (SSSR count). The molecule has 0 aliphatic carbocycles. The van der Waals surface area contributed by atoms with Gasteiger partial charge >= 0.3 is 5.97 Å². The third kappa shape index (κ3) is 2.59. The molecular weight excluding hydrogens is 244 g/mol. The van der Waals surface area contributed by atoms with Crippen molar-refractivity contribution in [1.82, 2.24) is 9.47 Å². The van der Waals surface area contributed by atoms with Crippen molar-refractivity contribution in [2.45, 2.75) is 19.5 Å². The quantitative estimate of drug-likeness (QED) is 0.907. The van der Waals surface area contributed by atoms with Crippen molar-refractivity contribution in [1.29, 1.82) is 0 Å². The van der Waals surface area contributed by atoms with Gasteiger partial charge in [-0.05, 0) is 24.4 Å². The molecule has 1 atom stereocenters. The van der Waals surface area contributed by atoms with Crippen LogP contribution in [0.5, 0.6) is 0 Å². The average Bonchev–Trinajstić information content (AvgIpc) is 2.80. The molecule has 1 aromatic heterocycles. The van der Waals surface area contributed by atoms with Crippen LogP contribution in [0, 0.1) is 0 Å². The Morgan fingerprint density at radius 1 is 1.32 bits per heavy atom. The molecule has 1 unspecified atom stereocenters. The van der Waals surface area contributed by atoms with Crippen LogP contribution >= 0.6 is 0 Å². The summed E-state index contributed by atoms with van der Waals surface area (Å²) < 4.78 is 1.82. The molecule has 0 saturated heterocycles. The number of carbonyl (C=O) groups is 2. The summed E-state index contributed by atoms with van der Waals surface area (Å²) in [6.45, 7) is 1.63. The van der Waals surface area contributed by atoms with Crippen LogP contribution in [-0.4, -0.2) is 39.5 Å². The molecule has 0 radical (unpaired) electrons. The van der Waals surface area contributed by atoms with Crippen molar-refractivity contribution < 1.29 is 14.7 Å². The van der Waals surface area contributed by atoms with Crippen LogP contribution in [0.25, 0.3) is 10.9 Å². The Balaban J connectivity index is 2.17. The maximum absolute atomic E-state index is 12.0. The summed E-state index contributed by atoms with van der Waals surface area (Å²) in [5, 5.41) is 9.96. The fraction of sp³-hybridized carbons (Fsp3) is 0.286. The molecule has 1 amide bonds. The second-order valence-electron chi connectivity index (χ2n) is 4.52. The molecule has 1 aromatic carbocycles. The van der Waals surface area contributed by atoms with E-state index in [1.165, 1.54) is 18.9 Å². The number of aromatic nitrogens is 1. The van der Waals surface area contributed by atoms with Gasteiger partial charge in [0.25, 0.3) is 0 Å². The lowest BCUT2D eigenvalue weighted by molar-refractivity contribution is -0.148. The number of fused-ring (bicyclic) bond motifs is 1. The summed E-state index contributed by atoms with van der Waals surface area (Å²) in [5.41, 5.74) is 0.965. The van der Waals surface area contributed by atoms with Crippen LogP contribution in [0.2, 0.25) is 0 Å². The summed E-state index contributed by atoms with van der Waals surface area (Å²) >= 11 is 0. The standard InChI is InChI=1S/C14H16N2O3/c1-10(14(18)19)15(2)13(17)9-16-8-7-11-5-3-4-6-12(11)16/h3-8,10H,9H2,1-2H3,(H,18,19). The fourth-order valence-electron chi connectivity index (χ4n) is 1.92. The minimum absolute atomic E-state index is 0.141. The highest BCUT2D eigenvalue weighted by Gasteiger charge is 2.21. The van der Waals surface area contributed by atoms with Gasteiger partial charge in [-0.15, -0.1) is 0 Å². The molecule has 0 saturated carbocycles. The van der Waals surface area contributed by atoms with Crippen molar-refractivity contribution in [2.24, 2.45) is 0 Å². The van der Waals surface area contributed by atoms with E-state index in [0.29, 0.717) is 0 Å². The molecule has 100 valence electrons. The Morgan fingerprint density at radius 3 is 2.68 bits per heavy atom. The van der Waals surface area contributed by atoms with Gasteiger partial charge in [0.2, 0.25) is 5.91 Å². The molecule has 2 aromatic rings. The predicted octanol–water partition coefficient (Wildman–Crippen LogP) is 1.57. The number of aliphatic carboxylic acids is 1. The first-order valence-corrected chi connectivity index (χ1v) is 6.03. The van der Waals surface area contributed by atoms with Crippen molar-refractivity contribution in [3.63, 3.8) is 0 Å². The normalized spacial score (nSPS) is 12.3. The molecule has 0 bridgehead atoms. The van der Waals surface area contributed by atoms with E-state index in [-0.39, 0.29) is 12.5 Å². The smallest absolute Gasteiger partial charge is 0.326 e. The lowest BCUT2D eigenvalue weighted by Gasteiger charge is -2.21. The summed E-state index contributed by atoms with van der Waals surface area (Å²) in [4.78, 5) is 24.1.